The average molecular weight is 181 g/mol. The largest absolute Gasteiger partial charge is 0.504 e. The molecule has 0 bridgehead atoms. The van der Waals surface area contributed by atoms with E-state index in [0.29, 0.717) is 5.65 Å². The number of fused-ring (bicyclic) bond motifs is 1. The fourth-order valence-electron chi connectivity index (χ4n) is 1.10. The molecular weight excluding hydrogens is 174 g/mol. The highest BCUT2D eigenvalue weighted by molar-refractivity contribution is 5.49. The fourth-order valence-corrected chi connectivity index (χ4v) is 1.10. The zero-order chi connectivity index (χ0) is 9.59. The topological polar surface area (TPSA) is 79.8 Å². The first-order valence-corrected chi connectivity index (χ1v) is 3.57. The van der Waals surface area contributed by atoms with E-state index in [4.69, 9.17) is 10.2 Å². The van der Waals surface area contributed by atoms with E-state index in [2.05, 4.69) is 5.10 Å². The molecule has 68 valence electrons. The summed E-state index contributed by atoms with van der Waals surface area (Å²) in [6.45, 7) is 0. The van der Waals surface area contributed by atoms with Crippen molar-refractivity contribution in [3.63, 3.8) is 0 Å². The second-order valence-corrected chi connectivity index (χ2v) is 2.68. The second-order valence-electron chi connectivity index (χ2n) is 2.68. The highest BCUT2D eigenvalue weighted by atomic mass is 16.3. The van der Waals surface area contributed by atoms with Crippen molar-refractivity contribution in [2.75, 3.05) is 0 Å². The summed E-state index contributed by atoms with van der Waals surface area (Å²) in [6, 6.07) is 1.22. The highest BCUT2D eigenvalue weighted by Crippen LogP contribution is 2.23. The van der Waals surface area contributed by atoms with E-state index >= 15 is 0 Å². The van der Waals surface area contributed by atoms with Crippen LogP contribution < -0.4 is 5.69 Å². The van der Waals surface area contributed by atoms with Crippen molar-refractivity contribution in [2.24, 2.45) is 7.05 Å². The van der Waals surface area contributed by atoms with Gasteiger partial charge in [-0.05, 0) is 0 Å². The molecule has 6 heteroatoms. The summed E-state index contributed by atoms with van der Waals surface area (Å²) < 4.78 is 2.27. The molecule has 0 aliphatic heterocycles. The number of nitrogens with zero attached hydrogens (tertiary/aromatic N) is 3. The van der Waals surface area contributed by atoms with Gasteiger partial charge in [0.2, 0.25) is 0 Å². The van der Waals surface area contributed by atoms with Crippen LogP contribution in [0.15, 0.2) is 17.1 Å². The maximum atomic E-state index is 11.3. The van der Waals surface area contributed by atoms with Crippen LogP contribution in [0, 0.1) is 0 Å². The Hall–Kier alpha value is -1.98. The summed E-state index contributed by atoms with van der Waals surface area (Å²) in [5.41, 5.74) is -0.0758. The number of pyridine rings is 1. The van der Waals surface area contributed by atoms with Gasteiger partial charge in [-0.25, -0.2) is 13.9 Å². The summed E-state index contributed by atoms with van der Waals surface area (Å²) in [6.07, 6.45) is 1.12. The molecule has 2 heterocycles. The molecule has 0 aliphatic carbocycles. The SMILES string of the molecule is Cn1nc2cc(O)c(O)cn2c1=O. The quantitative estimate of drug-likeness (QED) is 0.571. The van der Waals surface area contributed by atoms with Crippen LogP contribution >= 0.6 is 0 Å². The third kappa shape index (κ3) is 0.952. The van der Waals surface area contributed by atoms with E-state index in [1.807, 2.05) is 0 Å². The smallest absolute Gasteiger partial charge is 0.350 e. The van der Waals surface area contributed by atoms with Crippen molar-refractivity contribution in [3.8, 4) is 11.5 Å². The van der Waals surface area contributed by atoms with E-state index in [1.54, 1.807) is 0 Å². The van der Waals surface area contributed by atoms with E-state index in [-0.39, 0.29) is 17.2 Å². The van der Waals surface area contributed by atoms with Crippen LogP contribution in [0.3, 0.4) is 0 Å². The Balaban J connectivity index is 2.97. The standard InChI is InChI=1S/C7H7N3O3/c1-9-7(13)10-3-5(12)4(11)2-6(10)8-9/h2-3,11-12H,1H3. The molecule has 0 aliphatic rings. The van der Waals surface area contributed by atoms with Crippen LogP contribution in [0.4, 0.5) is 0 Å². The number of aromatic nitrogens is 3. The van der Waals surface area contributed by atoms with Gasteiger partial charge in [-0.2, -0.15) is 5.10 Å². The van der Waals surface area contributed by atoms with E-state index < -0.39 is 0 Å². The van der Waals surface area contributed by atoms with Gasteiger partial charge in [-0.3, -0.25) is 0 Å². The minimum absolute atomic E-state index is 0.293. The minimum atomic E-state index is -0.370. The maximum absolute atomic E-state index is 11.3. The molecule has 0 unspecified atom stereocenters. The van der Waals surface area contributed by atoms with Gasteiger partial charge in [-0.1, -0.05) is 0 Å². The van der Waals surface area contributed by atoms with Crippen molar-refractivity contribution < 1.29 is 10.2 Å². The van der Waals surface area contributed by atoms with E-state index in [0.717, 1.165) is 15.3 Å². The average Bonchev–Trinajstić information content (AvgIpc) is 2.32. The number of rotatable bonds is 0. The van der Waals surface area contributed by atoms with Crippen molar-refractivity contribution in [3.05, 3.63) is 22.7 Å². The monoisotopic (exact) mass is 181 g/mol. The molecule has 0 aromatic carbocycles. The Bertz CT molecular complexity index is 525. The third-order valence-corrected chi connectivity index (χ3v) is 1.76. The van der Waals surface area contributed by atoms with Gasteiger partial charge < -0.3 is 10.2 Å². The Morgan fingerprint density at radius 2 is 2.08 bits per heavy atom. The maximum Gasteiger partial charge on any atom is 0.350 e. The molecule has 0 spiro atoms. The van der Waals surface area contributed by atoms with E-state index in [1.165, 1.54) is 13.1 Å². The molecule has 2 aromatic rings. The van der Waals surface area contributed by atoms with Gasteiger partial charge in [0.1, 0.15) is 0 Å². The molecule has 2 N–H and O–H groups in total. The lowest BCUT2D eigenvalue weighted by Crippen LogP contribution is -2.17. The molecule has 6 nitrogen and oxygen atoms in total. The van der Waals surface area contributed by atoms with Gasteiger partial charge in [-0.15, -0.1) is 0 Å². The molecule has 13 heavy (non-hydrogen) atoms. The molecule has 0 atom stereocenters. The molecule has 0 saturated heterocycles. The minimum Gasteiger partial charge on any atom is -0.504 e. The van der Waals surface area contributed by atoms with Crippen LogP contribution in [0.25, 0.3) is 5.65 Å². The predicted octanol–water partition coefficient (Wildman–Crippen LogP) is -0.556. The molecule has 0 radical (unpaired) electrons. The Labute approximate surface area is 72.3 Å². The van der Waals surface area contributed by atoms with Crippen molar-refractivity contribution in [1.82, 2.24) is 14.2 Å². The van der Waals surface area contributed by atoms with Gasteiger partial charge in [0.05, 0.1) is 6.20 Å². The van der Waals surface area contributed by atoms with Crippen LogP contribution in [-0.4, -0.2) is 24.4 Å². The molecule has 0 saturated carbocycles. The zero-order valence-electron chi connectivity index (χ0n) is 6.80. The number of hydrogen-bond donors (Lipinski definition) is 2. The lowest BCUT2D eigenvalue weighted by atomic mass is 10.4. The first kappa shape index (κ1) is 7.66. The van der Waals surface area contributed by atoms with Crippen LogP contribution in [0.5, 0.6) is 11.5 Å². The first-order valence-electron chi connectivity index (χ1n) is 3.57. The van der Waals surface area contributed by atoms with E-state index in [9.17, 15) is 4.79 Å². The Morgan fingerprint density at radius 3 is 2.77 bits per heavy atom. The summed E-state index contributed by atoms with van der Waals surface area (Å²) in [5, 5.41) is 22.0. The van der Waals surface area contributed by atoms with Gasteiger partial charge in [0.15, 0.2) is 17.1 Å². The first-order chi connectivity index (χ1) is 6.09. The molecule has 2 rings (SSSR count). The van der Waals surface area contributed by atoms with Crippen molar-refractivity contribution in [2.45, 2.75) is 0 Å². The normalized spacial score (nSPS) is 10.8. The lowest BCUT2D eigenvalue weighted by Gasteiger charge is -1.95. The number of aryl methyl sites for hydroxylation is 1. The lowest BCUT2D eigenvalue weighted by molar-refractivity contribution is 0.401. The number of hydrogen-bond acceptors (Lipinski definition) is 4. The Morgan fingerprint density at radius 1 is 1.38 bits per heavy atom. The van der Waals surface area contributed by atoms with Crippen LogP contribution in [0.1, 0.15) is 0 Å². The summed E-state index contributed by atoms with van der Waals surface area (Å²) in [5.74, 6) is -0.638. The molecular formula is C7H7N3O3. The Kier molecular flexibility index (Phi) is 1.33. The van der Waals surface area contributed by atoms with Crippen LogP contribution in [0.2, 0.25) is 0 Å². The third-order valence-electron chi connectivity index (χ3n) is 1.76. The molecule has 0 amide bonds. The summed E-state index contributed by atoms with van der Waals surface area (Å²) in [7, 11) is 1.49. The number of aromatic hydroxyl groups is 2. The van der Waals surface area contributed by atoms with Crippen LogP contribution in [-0.2, 0) is 7.05 Å². The predicted molar refractivity (Wildman–Crippen MR) is 43.8 cm³/mol. The highest BCUT2D eigenvalue weighted by Gasteiger charge is 2.07. The summed E-state index contributed by atoms with van der Waals surface area (Å²) >= 11 is 0. The van der Waals surface area contributed by atoms with Crippen molar-refractivity contribution in [1.29, 1.82) is 0 Å². The van der Waals surface area contributed by atoms with Gasteiger partial charge in [0, 0.05) is 13.1 Å². The van der Waals surface area contributed by atoms with Gasteiger partial charge >= 0.3 is 5.69 Å². The molecule has 0 fully saturated rings. The van der Waals surface area contributed by atoms with Crippen molar-refractivity contribution >= 4 is 5.65 Å². The zero-order valence-corrected chi connectivity index (χ0v) is 6.80. The molecule has 2 aromatic heterocycles. The summed E-state index contributed by atoms with van der Waals surface area (Å²) in [4.78, 5) is 11.3. The second kappa shape index (κ2) is 2.25. The fraction of sp³-hybridized carbons (Fsp3) is 0.143. The van der Waals surface area contributed by atoms with Gasteiger partial charge in [0.25, 0.3) is 0 Å².